The molecule has 0 atom stereocenters. The number of aryl methyl sites for hydroxylation is 1. The number of aromatic nitrogens is 1. The Morgan fingerprint density at radius 3 is 2.93 bits per heavy atom. The van der Waals surface area contributed by atoms with Crippen molar-refractivity contribution in [3.63, 3.8) is 0 Å². The predicted molar refractivity (Wildman–Crippen MR) is 57.8 cm³/mol. The summed E-state index contributed by atoms with van der Waals surface area (Å²) in [6.45, 7) is 1.93. The molecule has 3 heteroatoms. The van der Waals surface area contributed by atoms with Crippen LogP contribution in [0.25, 0.3) is 10.9 Å². The van der Waals surface area contributed by atoms with Gasteiger partial charge in [0.05, 0.1) is 18.2 Å². The Morgan fingerprint density at radius 1 is 1.40 bits per heavy atom. The van der Waals surface area contributed by atoms with Gasteiger partial charge in [-0.25, -0.2) is 4.79 Å². The molecular weight excluding hydrogens is 190 g/mol. The van der Waals surface area contributed by atoms with Gasteiger partial charge in [-0.3, -0.25) is 4.98 Å². The Hall–Kier alpha value is -1.90. The van der Waals surface area contributed by atoms with Gasteiger partial charge in [0.15, 0.2) is 0 Å². The number of benzene rings is 1. The molecule has 0 fully saturated rings. The maximum absolute atomic E-state index is 11.5. The summed E-state index contributed by atoms with van der Waals surface area (Å²) in [6, 6.07) is 7.44. The quantitative estimate of drug-likeness (QED) is 0.665. The van der Waals surface area contributed by atoms with Crippen LogP contribution in [0.1, 0.15) is 15.9 Å². The van der Waals surface area contributed by atoms with E-state index in [1.54, 1.807) is 6.20 Å². The first-order chi connectivity index (χ1) is 7.22. The lowest BCUT2D eigenvalue weighted by atomic mass is 10.1. The Morgan fingerprint density at radius 2 is 2.20 bits per heavy atom. The topological polar surface area (TPSA) is 39.2 Å². The average Bonchev–Trinajstić information content (AvgIpc) is 2.26. The monoisotopic (exact) mass is 201 g/mol. The second-order valence-corrected chi connectivity index (χ2v) is 3.37. The van der Waals surface area contributed by atoms with Crippen LogP contribution in [-0.2, 0) is 4.74 Å². The summed E-state index contributed by atoms with van der Waals surface area (Å²) < 4.78 is 4.73. The fraction of sp³-hybridized carbons (Fsp3) is 0.167. The number of carbonyl (C=O) groups excluding carboxylic acids is 1. The smallest absolute Gasteiger partial charge is 0.338 e. The Bertz CT molecular complexity index is 520. The van der Waals surface area contributed by atoms with Crippen molar-refractivity contribution in [2.24, 2.45) is 0 Å². The van der Waals surface area contributed by atoms with Gasteiger partial charge in [-0.2, -0.15) is 0 Å². The van der Waals surface area contributed by atoms with E-state index < -0.39 is 0 Å². The second kappa shape index (κ2) is 3.69. The number of ether oxygens (including phenoxy) is 1. The zero-order valence-electron chi connectivity index (χ0n) is 8.65. The molecule has 1 aromatic heterocycles. The van der Waals surface area contributed by atoms with Crippen molar-refractivity contribution in [2.45, 2.75) is 6.92 Å². The zero-order chi connectivity index (χ0) is 10.8. The van der Waals surface area contributed by atoms with Gasteiger partial charge in [0.1, 0.15) is 0 Å². The maximum atomic E-state index is 11.5. The Kier molecular flexibility index (Phi) is 2.37. The number of methoxy groups -OCH3 is 1. The van der Waals surface area contributed by atoms with E-state index in [2.05, 4.69) is 4.98 Å². The Labute approximate surface area is 87.7 Å². The van der Waals surface area contributed by atoms with Gasteiger partial charge in [0, 0.05) is 11.6 Å². The number of pyridine rings is 1. The first kappa shape index (κ1) is 9.65. The van der Waals surface area contributed by atoms with E-state index in [9.17, 15) is 4.79 Å². The fourth-order valence-electron chi connectivity index (χ4n) is 1.60. The molecule has 15 heavy (non-hydrogen) atoms. The highest BCUT2D eigenvalue weighted by Crippen LogP contribution is 2.19. The first-order valence-electron chi connectivity index (χ1n) is 4.66. The molecule has 1 heterocycles. The van der Waals surface area contributed by atoms with Crippen LogP contribution in [0.2, 0.25) is 0 Å². The van der Waals surface area contributed by atoms with E-state index in [0.717, 1.165) is 16.5 Å². The molecule has 0 unspecified atom stereocenters. The number of hydrogen-bond donors (Lipinski definition) is 0. The maximum Gasteiger partial charge on any atom is 0.338 e. The molecule has 2 aromatic rings. The molecule has 0 aliphatic carbocycles. The number of nitrogens with zero attached hydrogens (tertiary/aromatic N) is 1. The van der Waals surface area contributed by atoms with Crippen LogP contribution in [0.4, 0.5) is 0 Å². The van der Waals surface area contributed by atoms with Crippen LogP contribution < -0.4 is 0 Å². The third kappa shape index (κ3) is 1.68. The largest absolute Gasteiger partial charge is 0.465 e. The van der Waals surface area contributed by atoms with Gasteiger partial charge in [-0.15, -0.1) is 0 Å². The summed E-state index contributed by atoms with van der Waals surface area (Å²) in [5.74, 6) is -0.322. The van der Waals surface area contributed by atoms with E-state index in [-0.39, 0.29) is 5.97 Å². The Balaban J connectivity index is 2.76. The first-order valence-corrected chi connectivity index (χ1v) is 4.66. The lowest BCUT2D eigenvalue weighted by Crippen LogP contribution is -2.02. The summed E-state index contributed by atoms with van der Waals surface area (Å²) >= 11 is 0. The molecule has 0 radical (unpaired) electrons. The van der Waals surface area contributed by atoms with E-state index in [1.807, 2.05) is 31.2 Å². The summed E-state index contributed by atoms with van der Waals surface area (Å²) in [5.41, 5.74) is 2.39. The molecule has 76 valence electrons. The van der Waals surface area contributed by atoms with Crippen molar-refractivity contribution < 1.29 is 9.53 Å². The second-order valence-electron chi connectivity index (χ2n) is 3.37. The molecule has 1 aromatic carbocycles. The van der Waals surface area contributed by atoms with Gasteiger partial charge in [0.25, 0.3) is 0 Å². The van der Waals surface area contributed by atoms with Crippen LogP contribution in [0.3, 0.4) is 0 Å². The lowest BCUT2D eigenvalue weighted by Gasteiger charge is -2.05. The van der Waals surface area contributed by atoms with Crippen LogP contribution in [0.5, 0.6) is 0 Å². The van der Waals surface area contributed by atoms with E-state index >= 15 is 0 Å². The molecule has 0 N–H and O–H groups in total. The highest BCUT2D eigenvalue weighted by Gasteiger charge is 2.10. The van der Waals surface area contributed by atoms with Crippen LogP contribution in [-0.4, -0.2) is 18.1 Å². The molecular formula is C12H11NO2. The lowest BCUT2D eigenvalue weighted by molar-refractivity contribution is 0.0603. The fourth-order valence-corrected chi connectivity index (χ4v) is 1.60. The van der Waals surface area contributed by atoms with Crippen molar-refractivity contribution in [3.05, 3.63) is 41.6 Å². The van der Waals surface area contributed by atoms with Crippen molar-refractivity contribution in [1.29, 1.82) is 0 Å². The van der Waals surface area contributed by atoms with Gasteiger partial charge >= 0.3 is 5.97 Å². The standard InChI is InChI=1S/C12H11NO2/c1-8-6-10(12(14)15-2)9-4-3-5-13-11(9)7-8/h3-7H,1-2H3. The van der Waals surface area contributed by atoms with Crippen molar-refractivity contribution >= 4 is 16.9 Å². The van der Waals surface area contributed by atoms with Crippen LogP contribution >= 0.6 is 0 Å². The molecule has 0 saturated carbocycles. The molecule has 3 nitrogen and oxygen atoms in total. The minimum absolute atomic E-state index is 0.322. The van der Waals surface area contributed by atoms with E-state index in [0.29, 0.717) is 5.56 Å². The highest BCUT2D eigenvalue weighted by atomic mass is 16.5. The molecule has 0 aliphatic rings. The van der Waals surface area contributed by atoms with Gasteiger partial charge in [0.2, 0.25) is 0 Å². The number of hydrogen-bond acceptors (Lipinski definition) is 3. The van der Waals surface area contributed by atoms with Crippen LogP contribution in [0.15, 0.2) is 30.5 Å². The van der Waals surface area contributed by atoms with Gasteiger partial charge in [-0.05, 0) is 30.7 Å². The molecule has 0 amide bonds. The average molecular weight is 201 g/mol. The number of fused-ring (bicyclic) bond motifs is 1. The minimum Gasteiger partial charge on any atom is -0.465 e. The normalized spacial score (nSPS) is 10.3. The third-order valence-electron chi connectivity index (χ3n) is 2.27. The highest BCUT2D eigenvalue weighted by molar-refractivity contribution is 6.03. The van der Waals surface area contributed by atoms with Crippen molar-refractivity contribution in [1.82, 2.24) is 4.98 Å². The summed E-state index contributed by atoms with van der Waals surface area (Å²) in [4.78, 5) is 15.7. The van der Waals surface area contributed by atoms with Crippen LogP contribution in [0, 0.1) is 6.92 Å². The molecule has 0 spiro atoms. The van der Waals surface area contributed by atoms with Crippen molar-refractivity contribution in [3.8, 4) is 0 Å². The minimum atomic E-state index is -0.322. The predicted octanol–water partition coefficient (Wildman–Crippen LogP) is 2.33. The SMILES string of the molecule is COC(=O)c1cc(C)cc2ncccc12. The third-order valence-corrected chi connectivity index (χ3v) is 2.27. The van der Waals surface area contributed by atoms with E-state index in [1.165, 1.54) is 7.11 Å². The number of carbonyl (C=O) groups is 1. The molecule has 0 saturated heterocycles. The van der Waals surface area contributed by atoms with Gasteiger partial charge in [-0.1, -0.05) is 6.07 Å². The summed E-state index contributed by atoms with van der Waals surface area (Å²) in [5, 5.41) is 0.829. The van der Waals surface area contributed by atoms with Gasteiger partial charge < -0.3 is 4.74 Å². The van der Waals surface area contributed by atoms with E-state index in [4.69, 9.17) is 4.74 Å². The summed E-state index contributed by atoms with van der Waals surface area (Å²) in [6.07, 6.45) is 1.71. The number of rotatable bonds is 1. The zero-order valence-corrected chi connectivity index (χ0v) is 8.65. The summed E-state index contributed by atoms with van der Waals surface area (Å²) in [7, 11) is 1.38. The number of esters is 1. The molecule has 0 aliphatic heterocycles. The van der Waals surface area contributed by atoms with Crippen molar-refractivity contribution in [2.75, 3.05) is 7.11 Å². The molecule has 0 bridgehead atoms. The molecule has 2 rings (SSSR count).